The number of H-pyrrole nitrogens is 1. The molecular formula is C12H14BrN3O3S. The van der Waals surface area contributed by atoms with E-state index in [1.807, 2.05) is 13.0 Å². The van der Waals surface area contributed by atoms with E-state index in [0.717, 1.165) is 10.0 Å². The van der Waals surface area contributed by atoms with Crippen molar-refractivity contribution in [3.8, 4) is 0 Å². The molecule has 6 nitrogen and oxygen atoms in total. The Kier molecular flexibility index (Phi) is 4.17. The molecule has 1 aromatic carbocycles. The van der Waals surface area contributed by atoms with Gasteiger partial charge in [-0.15, -0.1) is 0 Å². The summed E-state index contributed by atoms with van der Waals surface area (Å²) >= 11 is 3.32. The van der Waals surface area contributed by atoms with Gasteiger partial charge >= 0.3 is 0 Å². The summed E-state index contributed by atoms with van der Waals surface area (Å²) in [6, 6.07) is 5.26. The van der Waals surface area contributed by atoms with Crippen molar-refractivity contribution in [1.29, 1.82) is 0 Å². The largest absolute Gasteiger partial charge is 0.390 e. The number of aryl methyl sites for hydroxylation is 2. The second kappa shape index (κ2) is 5.55. The van der Waals surface area contributed by atoms with Crippen molar-refractivity contribution < 1.29 is 13.5 Å². The van der Waals surface area contributed by atoms with Gasteiger partial charge in [0.05, 0.1) is 18.0 Å². The van der Waals surface area contributed by atoms with E-state index in [1.54, 1.807) is 19.1 Å². The van der Waals surface area contributed by atoms with Crippen LogP contribution in [0.4, 0.5) is 5.69 Å². The summed E-state index contributed by atoms with van der Waals surface area (Å²) in [4.78, 5) is -0.0161. The number of anilines is 1. The Morgan fingerprint density at radius 1 is 1.35 bits per heavy atom. The molecule has 0 fully saturated rings. The zero-order chi connectivity index (χ0) is 14.9. The third kappa shape index (κ3) is 3.02. The molecular weight excluding hydrogens is 346 g/mol. The molecule has 2 aromatic rings. The van der Waals surface area contributed by atoms with E-state index in [2.05, 4.69) is 30.8 Å². The van der Waals surface area contributed by atoms with Gasteiger partial charge in [0.1, 0.15) is 10.6 Å². The van der Waals surface area contributed by atoms with Crippen LogP contribution in [0.15, 0.2) is 27.6 Å². The SMILES string of the molecule is Cc1cc(Br)cc(NS(=O)(=O)c2c(CO)n[nH]c2C)c1. The van der Waals surface area contributed by atoms with Gasteiger partial charge in [-0.25, -0.2) is 8.42 Å². The van der Waals surface area contributed by atoms with E-state index in [1.165, 1.54) is 0 Å². The first-order chi connectivity index (χ1) is 9.33. The molecule has 0 atom stereocenters. The quantitative estimate of drug-likeness (QED) is 0.778. The van der Waals surface area contributed by atoms with Crippen LogP contribution in [-0.4, -0.2) is 23.7 Å². The first-order valence-corrected chi connectivity index (χ1v) is 8.06. The van der Waals surface area contributed by atoms with Gasteiger partial charge in [-0.1, -0.05) is 15.9 Å². The smallest absolute Gasteiger partial charge is 0.265 e. The minimum absolute atomic E-state index is 0.0161. The molecule has 0 spiro atoms. The van der Waals surface area contributed by atoms with E-state index in [-0.39, 0.29) is 10.6 Å². The summed E-state index contributed by atoms with van der Waals surface area (Å²) in [5, 5.41) is 15.5. The molecule has 0 amide bonds. The van der Waals surface area contributed by atoms with Crippen molar-refractivity contribution >= 4 is 31.6 Å². The molecule has 108 valence electrons. The first-order valence-electron chi connectivity index (χ1n) is 5.78. The summed E-state index contributed by atoms with van der Waals surface area (Å²) in [6.07, 6.45) is 0. The molecule has 20 heavy (non-hydrogen) atoms. The van der Waals surface area contributed by atoms with Gasteiger partial charge in [-0.3, -0.25) is 9.82 Å². The molecule has 0 aliphatic heterocycles. The van der Waals surface area contributed by atoms with Gasteiger partial charge in [0, 0.05) is 4.47 Å². The maximum absolute atomic E-state index is 12.4. The number of hydrogen-bond donors (Lipinski definition) is 3. The molecule has 2 rings (SSSR count). The lowest BCUT2D eigenvalue weighted by Crippen LogP contribution is -2.15. The van der Waals surface area contributed by atoms with Crippen molar-refractivity contribution in [3.05, 3.63) is 39.6 Å². The number of aromatic amines is 1. The molecule has 0 aliphatic carbocycles. The summed E-state index contributed by atoms with van der Waals surface area (Å²) in [6.45, 7) is 3.01. The van der Waals surface area contributed by atoms with E-state index in [4.69, 9.17) is 5.11 Å². The molecule has 1 heterocycles. The number of aliphatic hydroxyl groups is 1. The number of nitrogens with zero attached hydrogens (tertiary/aromatic N) is 1. The highest BCUT2D eigenvalue weighted by atomic mass is 79.9. The molecule has 0 radical (unpaired) electrons. The Hall–Kier alpha value is -1.38. The van der Waals surface area contributed by atoms with Gasteiger partial charge < -0.3 is 5.11 Å². The van der Waals surface area contributed by atoms with Crippen molar-refractivity contribution in [3.63, 3.8) is 0 Å². The fourth-order valence-electron chi connectivity index (χ4n) is 1.93. The summed E-state index contributed by atoms with van der Waals surface area (Å²) in [5.74, 6) is 0. The predicted octanol–water partition coefficient (Wildman–Crippen LogP) is 2.08. The predicted molar refractivity (Wildman–Crippen MR) is 78.9 cm³/mol. The highest BCUT2D eigenvalue weighted by Crippen LogP contribution is 2.24. The van der Waals surface area contributed by atoms with Gasteiger partial charge in [0.15, 0.2) is 0 Å². The number of rotatable bonds is 4. The minimum atomic E-state index is -3.80. The average molecular weight is 360 g/mol. The van der Waals surface area contributed by atoms with Gasteiger partial charge in [0.25, 0.3) is 10.0 Å². The first kappa shape index (κ1) is 15.0. The fourth-order valence-corrected chi connectivity index (χ4v) is 3.94. The van der Waals surface area contributed by atoms with Crippen LogP contribution in [0.5, 0.6) is 0 Å². The zero-order valence-corrected chi connectivity index (χ0v) is 13.3. The third-order valence-electron chi connectivity index (χ3n) is 2.67. The maximum atomic E-state index is 12.4. The number of nitrogens with one attached hydrogen (secondary N) is 2. The fraction of sp³-hybridized carbons (Fsp3) is 0.250. The Morgan fingerprint density at radius 3 is 2.65 bits per heavy atom. The molecule has 0 unspecified atom stereocenters. The minimum Gasteiger partial charge on any atom is -0.390 e. The van der Waals surface area contributed by atoms with Crippen LogP contribution in [0.25, 0.3) is 0 Å². The zero-order valence-electron chi connectivity index (χ0n) is 10.9. The second-order valence-corrected chi connectivity index (χ2v) is 6.94. The van der Waals surface area contributed by atoms with Gasteiger partial charge in [0.2, 0.25) is 0 Å². The van der Waals surface area contributed by atoms with Gasteiger partial charge in [-0.05, 0) is 37.6 Å². The van der Waals surface area contributed by atoms with Crippen LogP contribution in [0.3, 0.4) is 0 Å². The number of halogens is 1. The number of aliphatic hydroxyl groups excluding tert-OH is 1. The standard InChI is InChI=1S/C12H14BrN3O3S/c1-7-3-9(13)5-10(4-7)16-20(18,19)12-8(2)14-15-11(12)6-17/h3-5,16-17H,6H2,1-2H3,(H,14,15). The van der Waals surface area contributed by atoms with Crippen molar-refractivity contribution in [2.75, 3.05) is 4.72 Å². The summed E-state index contributed by atoms with van der Waals surface area (Å²) in [5.41, 5.74) is 1.85. The Bertz CT molecular complexity index is 720. The van der Waals surface area contributed by atoms with Crippen molar-refractivity contribution in [1.82, 2.24) is 10.2 Å². The number of aromatic nitrogens is 2. The molecule has 3 N–H and O–H groups in total. The molecule has 0 saturated heterocycles. The number of benzene rings is 1. The second-order valence-electron chi connectivity index (χ2n) is 4.41. The average Bonchev–Trinajstić information content (AvgIpc) is 2.69. The normalized spacial score (nSPS) is 11.6. The van der Waals surface area contributed by atoms with Crippen LogP contribution in [0.1, 0.15) is 17.0 Å². The van der Waals surface area contributed by atoms with Crippen molar-refractivity contribution in [2.45, 2.75) is 25.3 Å². The lowest BCUT2D eigenvalue weighted by atomic mass is 10.2. The Balaban J connectivity index is 2.43. The molecule has 0 aliphatic rings. The van der Waals surface area contributed by atoms with E-state index >= 15 is 0 Å². The summed E-state index contributed by atoms with van der Waals surface area (Å²) < 4.78 is 28.0. The highest BCUT2D eigenvalue weighted by molar-refractivity contribution is 9.10. The van der Waals surface area contributed by atoms with Crippen LogP contribution >= 0.6 is 15.9 Å². The highest BCUT2D eigenvalue weighted by Gasteiger charge is 2.24. The summed E-state index contributed by atoms with van der Waals surface area (Å²) in [7, 11) is -3.80. The lowest BCUT2D eigenvalue weighted by Gasteiger charge is -2.10. The van der Waals surface area contributed by atoms with Crippen LogP contribution in [-0.2, 0) is 16.6 Å². The monoisotopic (exact) mass is 359 g/mol. The van der Waals surface area contributed by atoms with Gasteiger partial charge in [-0.2, -0.15) is 5.10 Å². The lowest BCUT2D eigenvalue weighted by molar-refractivity contribution is 0.273. The van der Waals surface area contributed by atoms with Crippen LogP contribution in [0.2, 0.25) is 0 Å². The molecule has 8 heteroatoms. The third-order valence-corrected chi connectivity index (χ3v) is 4.72. The topological polar surface area (TPSA) is 95.1 Å². The molecule has 0 saturated carbocycles. The maximum Gasteiger partial charge on any atom is 0.265 e. The Morgan fingerprint density at radius 2 is 2.05 bits per heavy atom. The van der Waals surface area contributed by atoms with E-state index in [0.29, 0.717) is 11.4 Å². The van der Waals surface area contributed by atoms with E-state index in [9.17, 15) is 8.42 Å². The van der Waals surface area contributed by atoms with E-state index < -0.39 is 16.6 Å². The molecule has 0 bridgehead atoms. The van der Waals surface area contributed by atoms with Crippen molar-refractivity contribution in [2.24, 2.45) is 0 Å². The number of sulfonamides is 1. The van der Waals surface area contributed by atoms with Crippen LogP contribution < -0.4 is 4.72 Å². The number of hydrogen-bond acceptors (Lipinski definition) is 4. The molecule has 1 aromatic heterocycles. The Labute approximate surface area is 125 Å². The van der Waals surface area contributed by atoms with Crippen LogP contribution in [0, 0.1) is 13.8 Å².